The van der Waals surface area contributed by atoms with Crippen LogP contribution in [-0.2, 0) is 33.2 Å². The number of carbonyl (C=O) groups excluding carboxylic acids is 5. The van der Waals surface area contributed by atoms with Gasteiger partial charge in [-0.3, -0.25) is 19.4 Å². The molecular formula is C57H71N5O14. The summed E-state index contributed by atoms with van der Waals surface area (Å²) in [6.45, 7) is 25.4. The number of piperidine rings is 1. The van der Waals surface area contributed by atoms with E-state index < -0.39 is 88.8 Å². The Bertz CT molecular complexity index is 2860. The van der Waals surface area contributed by atoms with Gasteiger partial charge in [-0.15, -0.1) is 0 Å². The van der Waals surface area contributed by atoms with Gasteiger partial charge in [-0.2, -0.15) is 4.73 Å². The van der Waals surface area contributed by atoms with E-state index >= 15 is 9.59 Å². The number of nitrogens with zero attached hydrogens (tertiary/aromatic N) is 4. The van der Waals surface area contributed by atoms with Crippen LogP contribution in [0.25, 0.3) is 0 Å². The summed E-state index contributed by atoms with van der Waals surface area (Å²) in [6.07, 6.45) is 8.73. The van der Waals surface area contributed by atoms with Crippen LogP contribution in [0, 0.1) is 41.7 Å². The molecule has 0 radical (unpaired) electrons. The van der Waals surface area contributed by atoms with Gasteiger partial charge in [0.25, 0.3) is 11.7 Å². The van der Waals surface area contributed by atoms with Gasteiger partial charge in [-0.25, -0.2) is 14.5 Å². The molecule has 6 aliphatic heterocycles. The highest BCUT2D eigenvalue weighted by atomic mass is 16.7. The number of phenolic OH excluding ortho intramolecular Hbond substituents is 1. The van der Waals surface area contributed by atoms with E-state index in [1.54, 1.807) is 39.0 Å². The third kappa shape index (κ3) is 10.2. The summed E-state index contributed by atoms with van der Waals surface area (Å²) in [6, 6.07) is 2.93. The maximum atomic E-state index is 15.3. The predicted molar refractivity (Wildman–Crippen MR) is 278 cm³/mol. The van der Waals surface area contributed by atoms with Gasteiger partial charge in [0, 0.05) is 92.9 Å². The number of benzene rings is 1. The zero-order valence-corrected chi connectivity index (χ0v) is 45.5. The molecule has 7 aliphatic rings. The largest absolute Gasteiger partial charge is 0.619 e. The zero-order chi connectivity index (χ0) is 55.3. The van der Waals surface area contributed by atoms with E-state index in [0.717, 1.165) is 12.7 Å². The summed E-state index contributed by atoms with van der Waals surface area (Å²) in [7, 11) is 1.48. The number of amides is 2. The first kappa shape index (κ1) is 55.6. The van der Waals surface area contributed by atoms with Crippen molar-refractivity contribution in [2.24, 2.45) is 34.6 Å². The summed E-state index contributed by atoms with van der Waals surface area (Å²) in [5, 5.41) is 27.3. The van der Waals surface area contributed by atoms with Gasteiger partial charge in [-0.1, -0.05) is 72.4 Å². The van der Waals surface area contributed by atoms with Crippen molar-refractivity contribution in [1.29, 1.82) is 0 Å². The number of esters is 1. The van der Waals surface area contributed by atoms with Gasteiger partial charge < -0.3 is 53.7 Å². The summed E-state index contributed by atoms with van der Waals surface area (Å²) in [5.41, 5.74) is -2.08. The Labute approximate surface area is 443 Å². The van der Waals surface area contributed by atoms with Crippen molar-refractivity contribution in [2.45, 2.75) is 131 Å². The molecule has 7 bridgehead atoms. The number of aliphatic imine (C=N–C) groups is 1. The van der Waals surface area contributed by atoms with Crippen molar-refractivity contribution in [2.75, 3.05) is 33.4 Å². The number of Topliss-reactive ketones (excluding diaryl/α,β-unsaturated/α-hetero) is 2. The molecule has 9 atom stereocenters. The predicted octanol–water partition coefficient (Wildman–Crippen LogP) is 7.38. The van der Waals surface area contributed by atoms with E-state index in [9.17, 15) is 24.7 Å². The molecule has 0 saturated carbocycles. The van der Waals surface area contributed by atoms with E-state index in [1.165, 1.54) is 56.5 Å². The van der Waals surface area contributed by atoms with Gasteiger partial charge in [0.15, 0.2) is 18.2 Å². The number of carbonyl (C=O) groups is 5. The van der Waals surface area contributed by atoms with Crippen molar-refractivity contribution < 1.29 is 67.0 Å². The molecule has 76 heavy (non-hydrogen) atoms. The number of hydrogen-bond donors (Lipinski definition) is 2. The number of pyridine rings is 1. The molecule has 19 heteroatoms. The molecule has 2 saturated heterocycles. The minimum atomic E-state index is -2.11. The molecule has 0 unspecified atom stereocenters. The van der Waals surface area contributed by atoms with Gasteiger partial charge in [-0.05, 0) is 45.8 Å². The van der Waals surface area contributed by atoms with Crippen LogP contribution in [0.15, 0.2) is 89.7 Å². The number of aromatic nitrogens is 1. The lowest BCUT2D eigenvalue weighted by atomic mass is 9.77. The molecular weight excluding hydrogens is 979 g/mol. The number of likely N-dealkylation sites (tertiary alicyclic amines) is 1. The van der Waals surface area contributed by atoms with Gasteiger partial charge >= 0.3 is 17.8 Å². The Morgan fingerprint density at radius 3 is 2.37 bits per heavy atom. The highest BCUT2D eigenvalue weighted by Gasteiger charge is 2.58. The second-order valence-electron chi connectivity index (χ2n) is 21.9. The number of fused-ring (bicyclic) bond motifs is 9. The maximum absolute atomic E-state index is 15.3. The van der Waals surface area contributed by atoms with Gasteiger partial charge in [0.2, 0.25) is 5.78 Å². The normalized spacial score (nSPS) is 30.9. The molecule has 2 fully saturated rings. The van der Waals surface area contributed by atoms with Crippen LogP contribution in [0.5, 0.6) is 11.5 Å². The first-order valence-electron chi connectivity index (χ1n) is 26.0. The highest BCUT2D eigenvalue weighted by molar-refractivity contribution is 6.35. The van der Waals surface area contributed by atoms with Crippen molar-refractivity contribution in [3.63, 3.8) is 0 Å². The van der Waals surface area contributed by atoms with Crippen LogP contribution in [0.1, 0.15) is 124 Å². The summed E-state index contributed by atoms with van der Waals surface area (Å²) < 4.78 is 44.6. The van der Waals surface area contributed by atoms with Gasteiger partial charge in [0.1, 0.15) is 46.8 Å². The number of aromatic hydroxyl groups is 1. The van der Waals surface area contributed by atoms with Crippen LogP contribution >= 0.6 is 0 Å². The Morgan fingerprint density at radius 1 is 1.01 bits per heavy atom. The Kier molecular flexibility index (Phi) is 15.6. The molecule has 9 rings (SSSR count). The van der Waals surface area contributed by atoms with E-state index in [-0.39, 0.29) is 87.5 Å². The molecule has 1 spiro atoms. The lowest BCUT2D eigenvalue weighted by Crippen LogP contribution is -2.56. The third-order valence-corrected chi connectivity index (χ3v) is 15.4. The SMILES string of the molecule is C=CCOC(=O)N1C2=C3NC(=O)/C(C)=C\C=C\[C@H](C)[C@@H]4OC(C)(C)O[C@@H]([C@@H](C)[C@H](OC(=O)c5ccc[n+]([O-])c5)[C@H](C)[C@@H](OC)/C=C/O[C@@]5(C)Oc6c(C)c(O)c(c(c6C5=O)C2=NC12CCN(CC(C)C)CC2)C3=O)[C@@H]4C. The summed E-state index contributed by atoms with van der Waals surface area (Å²) >= 11 is 0. The number of ether oxygens (including phenoxy) is 7. The number of phenols is 1. The molecule has 2 amide bonds. The van der Waals surface area contributed by atoms with E-state index in [2.05, 4.69) is 30.6 Å². The molecule has 1 aliphatic carbocycles. The lowest BCUT2D eigenvalue weighted by molar-refractivity contribution is -0.605. The maximum Gasteiger partial charge on any atom is 0.416 e. The van der Waals surface area contributed by atoms with Crippen molar-refractivity contribution in [3.05, 3.63) is 118 Å². The molecule has 2 aromatic rings. The topological polar surface area (TPSA) is 228 Å². The van der Waals surface area contributed by atoms with Crippen LogP contribution in [-0.4, -0.2) is 125 Å². The van der Waals surface area contributed by atoms with Crippen molar-refractivity contribution in [3.8, 4) is 11.5 Å². The van der Waals surface area contributed by atoms with Crippen LogP contribution in [0.3, 0.4) is 0 Å². The zero-order valence-electron chi connectivity index (χ0n) is 45.5. The molecule has 7 heterocycles. The second-order valence-corrected chi connectivity index (χ2v) is 21.9. The number of rotatable bonds is 7. The van der Waals surface area contributed by atoms with Gasteiger partial charge in [0.05, 0.1) is 41.4 Å². The van der Waals surface area contributed by atoms with Crippen LogP contribution in [0.4, 0.5) is 4.79 Å². The van der Waals surface area contributed by atoms with Crippen molar-refractivity contribution >= 4 is 35.2 Å². The second kappa shape index (κ2) is 21.4. The van der Waals surface area contributed by atoms with Crippen LogP contribution < -0.4 is 14.8 Å². The molecule has 408 valence electrons. The average molecular weight is 1050 g/mol. The quantitative estimate of drug-likeness (QED) is 0.119. The molecule has 19 nitrogen and oxygen atoms in total. The highest BCUT2D eigenvalue weighted by Crippen LogP contribution is 2.53. The fraction of sp³-hybridized carbons (Fsp3) is 0.526. The van der Waals surface area contributed by atoms with E-state index in [0.29, 0.717) is 23.7 Å². The molecule has 1 aromatic heterocycles. The number of ketones is 2. The fourth-order valence-electron chi connectivity index (χ4n) is 11.5. The average Bonchev–Trinajstić information content (AvgIpc) is 3.99. The monoisotopic (exact) mass is 1050 g/mol. The summed E-state index contributed by atoms with van der Waals surface area (Å²) in [4.78, 5) is 82.5. The first-order valence-corrected chi connectivity index (χ1v) is 26.0. The number of nitrogens with one attached hydrogen (secondary N) is 1. The van der Waals surface area contributed by atoms with E-state index in [4.69, 9.17) is 38.2 Å². The molecule has 2 N–H and O–H groups in total. The van der Waals surface area contributed by atoms with Crippen molar-refractivity contribution in [1.82, 2.24) is 15.1 Å². The Hall–Kier alpha value is -6.67. The summed E-state index contributed by atoms with van der Waals surface area (Å²) in [5.74, 6) is -8.29. The standard InChI is InChI=1S/C57H71N5O14/c1-14-26-71-54(68)62-44-42(59-57(62)21-24-60(25-22-57)28-30(2)3)39-40-45(63)34(7)50-41(39)51(65)56(12,76-50)72-27-20-38(70-13)33(6)48(73-53(67)37-19-16-23-61(69)29-37)36(9)49-35(8)47(74-55(10,11)75-49)31(4)17-15-18-32(5)52(66)58-43(44)46(40)64/h14-20,23,27,29-31,33,35-36,38,47-49,63H,1,21-22,24-26,28H2,2-13H3,(H,58,66)/b17-15+,27-20+,32-18-/t31-,33+,35+,36-,38-,47-,48+,49+,56-/m0/s1. The number of allylic oxidation sites excluding steroid dienone is 4. The third-order valence-electron chi connectivity index (χ3n) is 15.4. The fourth-order valence-corrected chi connectivity index (χ4v) is 11.5. The lowest BCUT2D eigenvalue weighted by Gasteiger charge is -2.50. The molecule has 1 aromatic carbocycles. The first-order chi connectivity index (χ1) is 35.9. The minimum Gasteiger partial charge on any atom is -0.619 e. The minimum absolute atomic E-state index is 0.00114. The number of hydrogen-bond acceptors (Lipinski definition) is 16. The number of methoxy groups -OCH3 is 1. The van der Waals surface area contributed by atoms with E-state index in [1.807, 2.05) is 33.8 Å². The Morgan fingerprint density at radius 2 is 1.71 bits per heavy atom. The Balaban J connectivity index is 1.29. The van der Waals surface area contributed by atoms with Crippen LogP contribution in [0.2, 0.25) is 0 Å². The smallest absolute Gasteiger partial charge is 0.416 e.